The maximum Gasteiger partial charge on any atom is 0.266 e. The number of rotatable bonds is 6. The van der Waals surface area contributed by atoms with Crippen LogP contribution in [0, 0.1) is 12.7 Å². The van der Waals surface area contributed by atoms with Gasteiger partial charge >= 0.3 is 0 Å². The van der Waals surface area contributed by atoms with E-state index in [9.17, 15) is 12.8 Å². The van der Waals surface area contributed by atoms with Gasteiger partial charge in [-0.2, -0.15) is 0 Å². The number of piperazine rings is 1. The van der Waals surface area contributed by atoms with Crippen LogP contribution in [-0.4, -0.2) is 45.7 Å². The second kappa shape index (κ2) is 9.03. The first-order valence-electron chi connectivity index (χ1n) is 10.6. The molecule has 0 saturated carbocycles. The lowest BCUT2D eigenvalue weighted by molar-refractivity contribution is 0.403. The molecule has 3 aromatic rings. The van der Waals surface area contributed by atoms with Crippen LogP contribution >= 0.6 is 0 Å². The van der Waals surface area contributed by atoms with E-state index in [4.69, 9.17) is 9.15 Å². The number of halogens is 1. The van der Waals surface area contributed by atoms with Gasteiger partial charge in [0.05, 0.1) is 7.11 Å². The summed E-state index contributed by atoms with van der Waals surface area (Å²) >= 11 is 0. The summed E-state index contributed by atoms with van der Waals surface area (Å²) in [5, 5.41) is 3.45. The van der Waals surface area contributed by atoms with Crippen LogP contribution in [-0.2, 0) is 10.0 Å². The Hall–Kier alpha value is -3.11. The van der Waals surface area contributed by atoms with E-state index in [0.29, 0.717) is 22.9 Å². The van der Waals surface area contributed by atoms with Crippen molar-refractivity contribution < 1.29 is 22.0 Å². The number of aromatic nitrogens is 1. The van der Waals surface area contributed by atoms with E-state index in [1.54, 1.807) is 31.2 Å². The van der Waals surface area contributed by atoms with E-state index in [1.807, 2.05) is 0 Å². The van der Waals surface area contributed by atoms with Gasteiger partial charge in [-0.3, -0.25) is 4.72 Å². The highest BCUT2D eigenvalue weighted by atomic mass is 32.2. The van der Waals surface area contributed by atoms with Crippen LogP contribution in [0.5, 0.6) is 5.75 Å². The van der Waals surface area contributed by atoms with Crippen LogP contribution in [0.25, 0.3) is 11.3 Å². The van der Waals surface area contributed by atoms with E-state index in [2.05, 4.69) is 33.8 Å². The molecule has 1 fully saturated rings. The summed E-state index contributed by atoms with van der Waals surface area (Å²) < 4.78 is 54.1. The molecule has 0 amide bonds. The molecule has 10 heteroatoms. The van der Waals surface area contributed by atoms with E-state index < -0.39 is 20.7 Å². The summed E-state index contributed by atoms with van der Waals surface area (Å²) in [7, 11) is -2.85. The Labute approximate surface area is 192 Å². The third kappa shape index (κ3) is 4.96. The van der Waals surface area contributed by atoms with Crippen molar-refractivity contribution in [2.45, 2.75) is 37.8 Å². The van der Waals surface area contributed by atoms with Gasteiger partial charge in [-0.1, -0.05) is 0 Å². The number of hydrogen-bond donors (Lipinski definition) is 2. The number of aryl methyl sites for hydroxylation is 1. The molecule has 0 spiro atoms. The fraction of sp³-hybridized carbons (Fsp3) is 0.348. The lowest BCUT2D eigenvalue weighted by atomic mass is 10.1. The molecular weight excluding hydrogens is 447 g/mol. The first-order valence-corrected chi connectivity index (χ1v) is 12.1. The summed E-state index contributed by atoms with van der Waals surface area (Å²) in [5.41, 5.74) is 0.444. The number of nitrogens with zero attached hydrogens (tertiary/aromatic N) is 2. The largest absolute Gasteiger partial charge is 0.493 e. The van der Waals surface area contributed by atoms with Gasteiger partial charge in [-0.15, -0.1) is 0 Å². The molecule has 33 heavy (non-hydrogen) atoms. The highest BCUT2D eigenvalue weighted by molar-refractivity contribution is 7.92. The number of anilines is 2. The van der Waals surface area contributed by atoms with Crippen molar-refractivity contribution in [3.63, 3.8) is 0 Å². The van der Waals surface area contributed by atoms with E-state index >= 15 is 0 Å². The molecule has 8 nitrogen and oxygen atoms in total. The Bertz CT molecular complexity index is 1250. The zero-order valence-electron chi connectivity index (χ0n) is 18.9. The first kappa shape index (κ1) is 23.1. The third-order valence-corrected chi connectivity index (χ3v) is 6.79. The van der Waals surface area contributed by atoms with Gasteiger partial charge in [0.1, 0.15) is 28.1 Å². The summed E-state index contributed by atoms with van der Waals surface area (Å²) in [6.07, 6.45) is 0. The van der Waals surface area contributed by atoms with Crippen LogP contribution in [0.3, 0.4) is 0 Å². The van der Waals surface area contributed by atoms with Gasteiger partial charge in [0.15, 0.2) is 11.6 Å². The summed E-state index contributed by atoms with van der Waals surface area (Å²) in [4.78, 5) is 6.07. The minimum absolute atomic E-state index is 0.000949. The zero-order valence-corrected chi connectivity index (χ0v) is 19.7. The quantitative estimate of drug-likeness (QED) is 0.561. The highest BCUT2D eigenvalue weighted by Gasteiger charge is 2.25. The molecule has 2 atom stereocenters. The number of ether oxygens (including phenoxy) is 1. The van der Waals surface area contributed by atoms with Gasteiger partial charge in [0.2, 0.25) is 0 Å². The normalized spacial score (nSPS) is 18.9. The van der Waals surface area contributed by atoms with Crippen molar-refractivity contribution in [2.24, 2.45) is 0 Å². The minimum Gasteiger partial charge on any atom is -0.493 e. The maximum atomic E-state index is 14.9. The molecule has 1 saturated heterocycles. The second-order valence-electron chi connectivity index (χ2n) is 8.26. The van der Waals surface area contributed by atoms with Gasteiger partial charge in [-0.25, -0.2) is 17.8 Å². The Kier molecular flexibility index (Phi) is 6.31. The first-order chi connectivity index (χ1) is 15.7. The van der Waals surface area contributed by atoms with Crippen molar-refractivity contribution in [3.8, 4) is 17.1 Å². The third-order valence-electron chi connectivity index (χ3n) is 5.42. The SMILES string of the molecule is COc1ccc(N2CC(C)NC(C)C2)nc1NS(=O)(=O)c1ccc(-c2ccc(C)o2)cc1F. The van der Waals surface area contributed by atoms with Crippen LogP contribution in [0.15, 0.2) is 51.8 Å². The van der Waals surface area contributed by atoms with Crippen molar-refractivity contribution in [3.05, 3.63) is 54.0 Å². The van der Waals surface area contributed by atoms with Gasteiger partial charge in [0, 0.05) is 30.7 Å². The summed E-state index contributed by atoms with van der Waals surface area (Å²) in [6.45, 7) is 7.37. The predicted molar refractivity (Wildman–Crippen MR) is 125 cm³/mol. The average molecular weight is 475 g/mol. The Morgan fingerprint density at radius 2 is 1.88 bits per heavy atom. The molecule has 0 aliphatic carbocycles. The fourth-order valence-corrected chi connectivity index (χ4v) is 5.08. The van der Waals surface area contributed by atoms with Crippen molar-refractivity contribution in [1.29, 1.82) is 0 Å². The molecule has 1 aliphatic rings. The smallest absolute Gasteiger partial charge is 0.266 e. The van der Waals surface area contributed by atoms with Crippen LogP contribution in [0.2, 0.25) is 0 Å². The molecule has 0 radical (unpaired) electrons. The molecule has 176 valence electrons. The van der Waals surface area contributed by atoms with Gasteiger partial charge < -0.3 is 19.4 Å². The summed E-state index contributed by atoms with van der Waals surface area (Å²) in [6, 6.07) is 11.2. The van der Waals surface area contributed by atoms with Crippen molar-refractivity contribution >= 4 is 21.7 Å². The number of methoxy groups -OCH3 is 1. The Morgan fingerprint density at radius 3 is 2.48 bits per heavy atom. The van der Waals surface area contributed by atoms with Crippen molar-refractivity contribution in [1.82, 2.24) is 10.3 Å². The van der Waals surface area contributed by atoms with Crippen LogP contribution in [0.1, 0.15) is 19.6 Å². The maximum absolute atomic E-state index is 14.9. The monoisotopic (exact) mass is 474 g/mol. The molecule has 0 bridgehead atoms. The molecule has 2 N–H and O–H groups in total. The lowest BCUT2D eigenvalue weighted by Gasteiger charge is -2.37. The number of benzene rings is 1. The lowest BCUT2D eigenvalue weighted by Crippen LogP contribution is -2.54. The average Bonchev–Trinajstić information content (AvgIpc) is 3.19. The Morgan fingerprint density at radius 1 is 1.15 bits per heavy atom. The second-order valence-corrected chi connectivity index (χ2v) is 9.91. The fourth-order valence-electron chi connectivity index (χ4n) is 4.01. The molecule has 3 heterocycles. The van der Waals surface area contributed by atoms with Gasteiger partial charge in [0.25, 0.3) is 10.0 Å². The zero-order chi connectivity index (χ0) is 23.8. The number of furan rings is 1. The topological polar surface area (TPSA) is 96.7 Å². The number of pyridine rings is 1. The van der Waals surface area contributed by atoms with Crippen LogP contribution in [0.4, 0.5) is 16.0 Å². The molecular formula is C23H27FN4O4S. The predicted octanol–water partition coefficient (Wildman–Crippen LogP) is 3.79. The molecule has 2 unspecified atom stereocenters. The van der Waals surface area contributed by atoms with Crippen molar-refractivity contribution in [2.75, 3.05) is 29.8 Å². The number of hydrogen-bond acceptors (Lipinski definition) is 7. The van der Waals surface area contributed by atoms with E-state index in [-0.39, 0.29) is 23.7 Å². The molecule has 4 rings (SSSR count). The van der Waals surface area contributed by atoms with Gasteiger partial charge in [-0.05, 0) is 63.2 Å². The highest BCUT2D eigenvalue weighted by Crippen LogP contribution is 2.31. The van der Waals surface area contributed by atoms with E-state index in [0.717, 1.165) is 19.2 Å². The standard InChI is InChI=1S/C23H27FN4O4S/c1-14-12-28(13-15(2)25-14)22-10-8-20(31-4)23(26-22)27-33(29,30)21-9-6-17(11-18(21)24)19-7-5-16(3)32-19/h5-11,14-15,25H,12-13H2,1-4H3,(H,26,27). The summed E-state index contributed by atoms with van der Waals surface area (Å²) in [5.74, 6) is 1.08. The molecule has 1 aliphatic heterocycles. The number of sulfonamides is 1. The van der Waals surface area contributed by atoms with E-state index in [1.165, 1.54) is 19.2 Å². The molecule has 2 aromatic heterocycles. The number of nitrogens with one attached hydrogen (secondary N) is 2. The minimum atomic E-state index is -4.27. The van der Waals surface area contributed by atoms with Crippen LogP contribution < -0.4 is 19.7 Å². The Balaban J connectivity index is 1.63. The molecule has 1 aromatic carbocycles.